The second kappa shape index (κ2) is 7.09. The molecule has 1 aromatic rings. The molecule has 0 radical (unpaired) electrons. The molecular weight excluding hydrogens is 379 g/mol. The number of nitrogens with two attached hydrogens (primary N) is 1. The van der Waals surface area contributed by atoms with Gasteiger partial charge in [-0.2, -0.15) is 0 Å². The molecule has 0 spiro atoms. The van der Waals surface area contributed by atoms with E-state index in [0.29, 0.717) is 18.7 Å². The van der Waals surface area contributed by atoms with E-state index in [1.165, 1.54) is 0 Å². The van der Waals surface area contributed by atoms with Gasteiger partial charge in [0.1, 0.15) is 6.04 Å². The van der Waals surface area contributed by atoms with Crippen molar-refractivity contribution in [2.24, 2.45) is 5.73 Å². The number of amides is 1. The van der Waals surface area contributed by atoms with Gasteiger partial charge in [0.2, 0.25) is 5.91 Å². The number of hydrogen-bond acceptors (Lipinski definition) is 3. The molecule has 116 valence electrons. The van der Waals surface area contributed by atoms with E-state index in [2.05, 4.69) is 5.32 Å². The average molecular weight is 392 g/mol. The predicted octanol–water partition coefficient (Wildman–Crippen LogP) is 3.39. The largest absolute Gasteiger partial charge is 0.368 e. The molecule has 1 atom stereocenters. The van der Waals surface area contributed by atoms with E-state index >= 15 is 0 Å². The summed E-state index contributed by atoms with van der Waals surface area (Å²) >= 11 is 30.5. The molecule has 1 fully saturated rings. The Morgan fingerprint density at radius 1 is 0.952 bits per heavy atom. The first-order chi connectivity index (χ1) is 9.86. The molecule has 0 bridgehead atoms. The van der Waals surface area contributed by atoms with E-state index in [9.17, 15) is 4.79 Å². The number of carbonyl (C=O) groups is 1. The molecule has 4 nitrogen and oxygen atoms in total. The summed E-state index contributed by atoms with van der Waals surface area (Å²) in [5, 5.41) is 3.55. The number of benzene rings is 1. The highest BCUT2D eigenvalue weighted by atomic mass is 35.5. The highest BCUT2D eigenvalue weighted by Crippen LogP contribution is 2.47. The third-order valence-electron chi connectivity index (χ3n) is 3.30. The maximum Gasteiger partial charge on any atom is 0.239 e. The van der Waals surface area contributed by atoms with E-state index in [4.69, 9.17) is 63.7 Å². The van der Waals surface area contributed by atoms with Crippen LogP contribution in [0.5, 0.6) is 0 Å². The van der Waals surface area contributed by atoms with E-state index in [1.807, 2.05) is 4.90 Å². The number of hydrogen-bond donors (Lipinski definition) is 2. The third-order valence-corrected chi connectivity index (χ3v) is 5.61. The molecule has 1 aromatic carbocycles. The Morgan fingerprint density at radius 2 is 1.38 bits per heavy atom. The van der Waals surface area contributed by atoms with Gasteiger partial charge in [0.15, 0.2) is 0 Å². The summed E-state index contributed by atoms with van der Waals surface area (Å²) in [4.78, 5) is 13.8. The minimum absolute atomic E-state index is 0.0561. The monoisotopic (exact) mass is 389 g/mol. The second-order valence-corrected chi connectivity index (χ2v) is 6.46. The van der Waals surface area contributed by atoms with Gasteiger partial charge in [0.25, 0.3) is 0 Å². The first kappa shape index (κ1) is 17.4. The zero-order chi connectivity index (χ0) is 15.7. The highest BCUT2D eigenvalue weighted by molar-refractivity contribution is 6.55. The quantitative estimate of drug-likeness (QED) is 0.613. The van der Waals surface area contributed by atoms with Crippen LogP contribution < -0.4 is 11.1 Å². The van der Waals surface area contributed by atoms with Crippen LogP contribution in [0.4, 0.5) is 0 Å². The highest BCUT2D eigenvalue weighted by Gasteiger charge is 2.33. The zero-order valence-electron chi connectivity index (χ0n) is 10.7. The smallest absolute Gasteiger partial charge is 0.239 e. The summed E-state index contributed by atoms with van der Waals surface area (Å²) in [6, 6.07) is -0.806. The zero-order valence-corrected chi connectivity index (χ0v) is 14.5. The van der Waals surface area contributed by atoms with Crippen molar-refractivity contribution < 1.29 is 4.79 Å². The summed E-state index contributed by atoms with van der Waals surface area (Å²) in [6.07, 6.45) is 0. The van der Waals surface area contributed by atoms with Crippen LogP contribution >= 0.6 is 58.0 Å². The van der Waals surface area contributed by atoms with Gasteiger partial charge in [-0.3, -0.25) is 9.69 Å². The number of rotatable bonds is 3. The molecule has 1 saturated heterocycles. The molecule has 21 heavy (non-hydrogen) atoms. The lowest BCUT2D eigenvalue weighted by Gasteiger charge is -2.34. The van der Waals surface area contributed by atoms with Gasteiger partial charge in [0.05, 0.1) is 25.1 Å². The summed E-state index contributed by atoms with van der Waals surface area (Å²) < 4.78 is 0. The average Bonchev–Trinajstić information content (AvgIpc) is 2.48. The van der Waals surface area contributed by atoms with Crippen LogP contribution in [0.2, 0.25) is 25.1 Å². The van der Waals surface area contributed by atoms with Crippen molar-refractivity contribution in [1.29, 1.82) is 0 Å². The molecule has 3 N–H and O–H groups in total. The lowest BCUT2D eigenvalue weighted by Crippen LogP contribution is -2.48. The molecule has 2 rings (SSSR count). The van der Waals surface area contributed by atoms with Crippen molar-refractivity contribution in [1.82, 2.24) is 10.2 Å². The Hall–Kier alpha value is 0.0600. The van der Waals surface area contributed by atoms with Gasteiger partial charge < -0.3 is 11.1 Å². The lowest BCUT2D eigenvalue weighted by atomic mass is 10.0. The Morgan fingerprint density at radius 3 is 1.81 bits per heavy atom. The molecule has 1 amide bonds. The SMILES string of the molecule is NC(=O)C(c1c(Cl)c(Cl)c(Cl)c(Cl)c1Cl)N1CCNCC1. The number of piperazine rings is 1. The molecule has 0 aliphatic carbocycles. The van der Waals surface area contributed by atoms with Crippen LogP contribution in [-0.2, 0) is 4.79 Å². The number of primary amides is 1. The van der Waals surface area contributed by atoms with Gasteiger partial charge in [0, 0.05) is 31.7 Å². The number of halogens is 5. The maximum absolute atomic E-state index is 11.9. The molecule has 9 heteroatoms. The van der Waals surface area contributed by atoms with Crippen molar-refractivity contribution in [2.75, 3.05) is 26.2 Å². The van der Waals surface area contributed by atoms with Gasteiger partial charge in [-0.15, -0.1) is 0 Å². The van der Waals surface area contributed by atoms with Crippen LogP contribution in [0, 0.1) is 0 Å². The van der Waals surface area contributed by atoms with Crippen LogP contribution in [0.15, 0.2) is 0 Å². The fourth-order valence-corrected chi connectivity index (χ4v) is 3.67. The Kier molecular flexibility index (Phi) is 5.88. The molecule has 1 heterocycles. The van der Waals surface area contributed by atoms with Crippen LogP contribution in [0.3, 0.4) is 0 Å². The lowest BCUT2D eigenvalue weighted by molar-refractivity contribution is -0.123. The fraction of sp³-hybridized carbons (Fsp3) is 0.417. The fourth-order valence-electron chi connectivity index (χ4n) is 2.31. The Balaban J connectivity index is 2.58. The Bertz CT molecular complexity index is 545. The molecule has 1 aliphatic heterocycles. The van der Waals surface area contributed by atoms with E-state index in [-0.39, 0.29) is 25.1 Å². The van der Waals surface area contributed by atoms with Crippen LogP contribution in [0.25, 0.3) is 0 Å². The number of nitrogens with zero attached hydrogens (tertiary/aromatic N) is 1. The maximum atomic E-state index is 11.9. The first-order valence-electron chi connectivity index (χ1n) is 6.11. The summed E-state index contributed by atoms with van der Waals surface area (Å²) in [6.45, 7) is 2.71. The van der Waals surface area contributed by atoms with Crippen molar-refractivity contribution in [3.05, 3.63) is 30.7 Å². The van der Waals surface area contributed by atoms with E-state index < -0.39 is 11.9 Å². The van der Waals surface area contributed by atoms with Crippen molar-refractivity contribution in [2.45, 2.75) is 6.04 Å². The van der Waals surface area contributed by atoms with Crippen molar-refractivity contribution in [3.63, 3.8) is 0 Å². The van der Waals surface area contributed by atoms with Gasteiger partial charge in [-0.25, -0.2) is 0 Å². The Labute approximate surface area is 147 Å². The van der Waals surface area contributed by atoms with Gasteiger partial charge in [-0.1, -0.05) is 58.0 Å². The molecular formula is C12H12Cl5N3O. The topological polar surface area (TPSA) is 58.4 Å². The van der Waals surface area contributed by atoms with E-state index in [0.717, 1.165) is 13.1 Å². The molecule has 0 saturated carbocycles. The first-order valence-corrected chi connectivity index (χ1v) is 8.00. The standard InChI is InChI=1S/C12H12Cl5N3O/c13-6-5(7(14)9(16)10(17)8(6)15)11(12(18)21)20-3-1-19-2-4-20/h11,19H,1-4H2,(H2,18,21). The third kappa shape index (κ3) is 3.37. The van der Waals surface area contributed by atoms with Crippen molar-refractivity contribution >= 4 is 63.9 Å². The number of nitrogens with one attached hydrogen (secondary N) is 1. The summed E-state index contributed by atoms with van der Waals surface area (Å²) in [7, 11) is 0. The predicted molar refractivity (Wildman–Crippen MR) is 87.9 cm³/mol. The molecule has 1 aliphatic rings. The van der Waals surface area contributed by atoms with Crippen LogP contribution in [0.1, 0.15) is 11.6 Å². The minimum Gasteiger partial charge on any atom is -0.368 e. The van der Waals surface area contributed by atoms with Crippen molar-refractivity contribution in [3.8, 4) is 0 Å². The summed E-state index contributed by atoms with van der Waals surface area (Å²) in [5.74, 6) is -0.574. The van der Waals surface area contributed by atoms with E-state index in [1.54, 1.807) is 0 Å². The summed E-state index contributed by atoms with van der Waals surface area (Å²) in [5.41, 5.74) is 5.84. The molecule has 1 unspecified atom stereocenters. The normalized spacial score (nSPS) is 17.8. The molecule has 0 aromatic heterocycles. The van der Waals surface area contributed by atoms with Gasteiger partial charge in [-0.05, 0) is 0 Å². The van der Waals surface area contributed by atoms with Crippen LogP contribution in [-0.4, -0.2) is 37.0 Å². The minimum atomic E-state index is -0.806. The number of carbonyl (C=O) groups excluding carboxylic acids is 1. The van der Waals surface area contributed by atoms with Gasteiger partial charge >= 0.3 is 0 Å². The second-order valence-electron chi connectivity index (χ2n) is 4.57.